The fourth-order valence-corrected chi connectivity index (χ4v) is 7.22. The minimum absolute atomic E-state index is 0.0666. The van der Waals surface area contributed by atoms with Crippen LogP contribution in [-0.2, 0) is 9.59 Å². The largest absolute Gasteiger partial charge is 0.344 e. The van der Waals surface area contributed by atoms with Crippen LogP contribution in [-0.4, -0.2) is 38.5 Å². The molecule has 0 aliphatic rings. The molecule has 5 rings (SSSR count). The highest BCUT2D eigenvalue weighted by Crippen LogP contribution is 2.32. The van der Waals surface area contributed by atoms with Gasteiger partial charge in [-0.1, -0.05) is 95.5 Å². The number of thioether (sulfide) groups is 2. The van der Waals surface area contributed by atoms with E-state index in [1.165, 1.54) is 46.2 Å². The lowest BCUT2D eigenvalue weighted by molar-refractivity contribution is -0.119. The molecule has 0 saturated carbocycles. The summed E-state index contributed by atoms with van der Waals surface area (Å²) in [6.07, 6.45) is 0. The van der Waals surface area contributed by atoms with Crippen LogP contribution in [0.2, 0.25) is 0 Å². The lowest BCUT2D eigenvalue weighted by Gasteiger charge is -2.19. The van der Waals surface area contributed by atoms with E-state index in [0.717, 1.165) is 35.0 Å². The Hall–Kier alpha value is -3.25. The molecule has 7 nitrogen and oxygen atoms in total. The van der Waals surface area contributed by atoms with Gasteiger partial charge in [0.05, 0.1) is 27.8 Å². The number of rotatable bonds is 10. The molecule has 2 amide bonds. The summed E-state index contributed by atoms with van der Waals surface area (Å²) in [6.45, 7) is 1.89. The predicted octanol–water partition coefficient (Wildman–Crippen LogP) is 6.18. The number of fused-ring (bicyclic) bond motifs is 1. The first-order chi connectivity index (χ1) is 18.5. The number of nitrogens with one attached hydrogen (secondary N) is 2. The topological polar surface area (TPSA) is 96.9 Å². The van der Waals surface area contributed by atoms with E-state index in [2.05, 4.69) is 25.8 Å². The molecule has 0 spiro atoms. The quantitative estimate of drug-likeness (QED) is 0.191. The maximum atomic E-state index is 12.9. The summed E-state index contributed by atoms with van der Waals surface area (Å²) in [6, 6.07) is 25.3. The molecule has 2 aromatic heterocycles. The maximum Gasteiger partial charge on any atom is 0.234 e. The lowest BCUT2D eigenvalue weighted by atomic mass is 9.99. The first kappa shape index (κ1) is 26.4. The molecule has 0 bridgehead atoms. The van der Waals surface area contributed by atoms with Crippen LogP contribution < -0.4 is 10.6 Å². The SMILES string of the molecule is Cc1nnc(SCC(=O)Nc2ccc3nc(SCC(=O)NC(c4ccccc4)c4ccccc4)sc3c2)s1. The van der Waals surface area contributed by atoms with Crippen molar-refractivity contribution in [3.63, 3.8) is 0 Å². The molecule has 2 heterocycles. The fraction of sp³-hybridized carbons (Fsp3) is 0.148. The van der Waals surface area contributed by atoms with E-state index in [1.807, 2.05) is 85.8 Å². The molecule has 5 aromatic rings. The molecular weight excluding hydrogens is 555 g/mol. The minimum atomic E-state index is -0.221. The molecule has 0 atom stereocenters. The number of carbonyl (C=O) groups is 2. The molecular formula is C27H23N5O2S4. The smallest absolute Gasteiger partial charge is 0.234 e. The number of amides is 2. The van der Waals surface area contributed by atoms with Gasteiger partial charge < -0.3 is 10.6 Å². The van der Waals surface area contributed by atoms with Crippen LogP contribution in [0.4, 0.5) is 5.69 Å². The van der Waals surface area contributed by atoms with Gasteiger partial charge in [0.25, 0.3) is 0 Å². The van der Waals surface area contributed by atoms with Gasteiger partial charge in [-0.05, 0) is 36.2 Å². The van der Waals surface area contributed by atoms with Crippen molar-refractivity contribution in [1.29, 1.82) is 0 Å². The number of anilines is 1. The van der Waals surface area contributed by atoms with Crippen molar-refractivity contribution in [2.24, 2.45) is 0 Å². The third kappa shape index (κ3) is 6.98. The Kier molecular flexibility index (Phi) is 8.69. The van der Waals surface area contributed by atoms with Crippen molar-refractivity contribution in [2.75, 3.05) is 16.8 Å². The van der Waals surface area contributed by atoms with E-state index in [0.29, 0.717) is 5.69 Å². The molecule has 0 radical (unpaired) electrons. The highest BCUT2D eigenvalue weighted by Gasteiger charge is 2.17. The predicted molar refractivity (Wildman–Crippen MR) is 157 cm³/mol. The fourth-order valence-electron chi connectivity index (χ4n) is 3.68. The number of nitrogens with zero attached hydrogens (tertiary/aromatic N) is 3. The number of benzene rings is 3. The van der Waals surface area contributed by atoms with Crippen molar-refractivity contribution >= 4 is 73.9 Å². The maximum absolute atomic E-state index is 12.9. The first-order valence-electron chi connectivity index (χ1n) is 11.7. The van der Waals surface area contributed by atoms with E-state index in [1.54, 1.807) is 0 Å². The first-order valence-corrected chi connectivity index (χ1v) is 15.3. The molecule has 3 aromatic carbocycles. The molecule has 0 saturated heterocycles. The van der Waals surface area contributed by atoms with Crippen molar-refractivity contribution in [2.45, 2.75) is 21.6 Å². The third-order valence-corrected chi connectivity index (χ3v) is 9.52. The highest BCUT2D eigenvalue weighted by atomic mass is 32.2. The van der Waals surface area contributed by atoms with Gasteiger partial charge in [0.1, 0.15) is 5.01 Å². The molecule has 0 aliphatic heterocycles. The average molecular weight is 578 g/mol. The Balaban J connectivity index is 1.18. The second-order valence-corrected chi connectivity index (χ2v) is 12.9. The van der Waals surface area contributed by atoms with Gasteiger partial charge in [-0.15, -0.1) is 21.5 Å². The number of hydrogen-bond acceptors (Lipinski definition) is 9. The summed E-state index contributed by atoms with van der Waals surface area (Å²) in [4.78, 5) is 29.9. The minimum Gasteiger partial charge on any atom is -0.344 e. The summed E-state index contributed by atoms with van der Waals surface area (Å²) in [5.74, 6) is 0.341. The molecule has 38 heavy (non-hydrogen) atoms. The molecule has 0 aliphatic carbocycles. The van der Waals surface area contributed by atoms with E-state index in [-0.39, 0.29) is 29.4 Å². The van der Waals surface area contributed by atoms with Gasteiger partial charge >= 0.3 is 0 Å². The Morgan fingerprint density at radius 2 is 1.47 bits per heavy atom. The van der Waals surface area contributed by atoms with Crippen molar-refractivity contribution in [1.82, 2.24) is 20.5 Å². The summed E-state index contributed by atoms with van der Waals surface area (Å²) in [5.41, 5.74) is 3.61. The van der Waals surface area contributed by atoms with Crippen LogP contribution in [0.25, 0.3) is 10.2 Å². The van der Waals surface area contributed by atoms with Gasteiger partial charge in [0.15, 0.2) is 8.68 Å². The van der Waals surface area contributed by atoms with E-state index in [9.17, 15) is 9.59 Å². The zero-order valence-electron chi connectivity index (χ0n) is 20.3. The van der Waals surface area contributed by atoms with Crippen molar-refractivity contribution in [3.8, 4) is 0 Å². The van der Waals surface area contributed by atoms with Crippen LogP contribution in [0, 0.1) is 6.92 Å². The second kappa shape index (κ2) is 12.5. The zero-order valence-corrected chi connectivity index (χ0v) is 23.6. The van der Waals surface area contributed by atoms with Crippen molar-refractivity contribution < 1.29 is 9.59 Å². The van der Waals surface area contributed by atoms with Crippen LogP contribution in [0.15, 0.2) is 87.5 Å². The average Bonchev–Trinajstić information content (AvgIpc) is 3.55. The van der Waals surface area contributed by atoms with E-state index in [4.69, 9.17) is 0 Å². The number of aromatic nitrogens is 3. The van der Waals surface area contributed by atoms with Crippen LogP contribution in [0.3, 0.4) is 0 Å². The van der Waals surface area contributed by atoms with Crippen LogP contribution >= 0.6 is 46.2 Å². The Morgan fingerprint density at radius 3 is 2.13 bits per heavy atom. The van der Waals surface area contributed by atoms with Crippen LogP contribution in [0.1, 0.15) is 22.2 Å². The number of thiazole rings is 1. The van der Waals surface area contributed by atoms with E-state index < -0.39 is 0 Å². The lowest BCUT2D eigenvalue weighted by Crippen LogP contribution is -2.30. The summed E-state index contributed by atoms with van der Waals surface area (Å²) >= 11 is 5.75. The van der Waals surface area contributed by atoms with Gasteiger partial charge in [0, 0.05) is 5.69 Å². The molecule has 0 unspecified atom stereocenters. The van der Waals surface area contributed by atoms with Crippen LogP contribution in [0.5, 0.6) is 0 Å². The zero-order chi connectivity index (χ0) is 26.3. The third-order valence-electron chi connectivity index (χ3n) is 5.38. The summed E-state index contributed by atoms with van der Waals surface area (Å²) in [5, 5.41) is 15.0. The van der Waals surface area contributed by atoms with Gasteiger partial charge in [0.2, 0.25) is 11.8 Å². The summed E-state index contributed by atoms with van der Waals surface area (Å²) < 4.78 is 2.53. The Morgan fingerprint density at radius 1 is 0.816 bits per heavy atom. The Labute approximate surface area is 236 Å². The van der Waals surface area contributed by atoms with Gasteiger partial charge in [-0.25, -0.2) is 4.98 Å². The standard InChI is InChI=1S/C27H23N5O2S4/c1-17-31-32-27(37-17)36-15-23(33)28-20-12-13-21-22(14-20)38-26(29-21)35-16-24(34)30-25(18-8-4-2-5-9-18)19-10-6-3-7-11-19/h2-14,25H,15-16H2,1H3,(H,28,33)(H,30,34). The molecule has 2 N–H and O–H groups in total. The van der Waals surface area contributed by atoms with Crippen molar-refractivity contribution in [3.05, 3.63) is 95.0 Å². The monoisotopic (exact) mass is 577 g/mol. The number of hydrogen-bond donors (Lipinski definition) is 2. The Bertz CT molecular complexity index is 1500. The van der Waals surface area contributed by atoms with Gasteiger partial charge in [-0.2, -0.15) is 0 Å². The van der Waals surface area contributed by atoms with Gasteiger partial charge in [-0.3, -0.25) is 9.59 Å². The normalized spacial score (nSPS) is 11.1. The molecule has 0 fully saturated rings. The molecule has 11 heteroatoms. The summed E-state index contributed by atoms with van der Waals surface area (Å²) in [7, 11) is 0. The number of carbonyl (C=O) groups excluding carboxylic acids is 2. The second-order valence-electron chi connectivity index (χ2n) is 8.20. The number of aryl methyl sites for hydroxylation is 1. The highest BCUT2D eigenvalue weighted by molar-refractivity contribution is 8.02. The molecule has 192 valence electrons. The van der Waals surface area contributed by atoms with E-state index >= 15 is 0 Å².